The molecule has 1 aliphatic rings. The number of rotatable bonds is 10. The van der Waals surface area contributed by atoms with Crippen LogP contribution in [0.5, 0.6) is 11.5 Å². The van der Waals surface area contributed by atoms with Crippen molar-refractivity contribution in [1.82, 2.24) is 19.8 Å². The van der Waals surface area contributed by atoms with E-state index in [4.69, 9.17) is 14.2 Å². The number of likely N-dealkylation sites (N-methyl/N-ethyl adjacent to an activating group) is 1. The zero-order chi connectivity index (χ0) is 26.5. The Morgan fingerprint density at radius 2 is 1.92 bits per heavy atom. The van der Waals surface area contributed by atoms with Crippen LogP contribution in [0.2, 0.25) is 0 Å². The molecular weight excluding hydrogens is 502 g/mol. The van der Waals surface area contributed by atoms with E-state index < -0.39 is 0 Å². The molecule has 3 heterocycles. The first kappa shape index (κ1) is 26.1. The van der Waals surface area contributed by atoms with Crippen molar-refractivity contribution in [2.24, 2.45) is 0 Å². The molecule has 1 fully saturated rings. The van der Waals surface area contributed by atoms with E-state index >= 15 is 0 Å². The number of fused-ring (bicyclic) bond motifs is 2. The Morgan fingerprint density at radius 1 is 1.08 bits per heavy atom. The third kappa shape index (κ3) is 5.98. The number of methoxy groups -OCH3 is 1. The molecule has 0 spiro atoms. The summed E-state index contributed by atoms with van der Waals surface area (Å²) >= 11 is 1.42. The molecule has 9 nitrogen and oxygen atoms in total. The number of hydrogen-bond acceptors (Lipinski definition) is 10. The van der Waals surface area contributed by atoms with Gasteiger partial charge in [-0.2, -0.15) is 0 Å². The molecule has 0 unspecified atom stereocenters. The van der Waals surface area contributed by atoms with Gasteiger partial charge < -0.3 is 29.3 Å². The summed E-state index contributed by atoms with van der Waals surface area (Å²) in [6, 6.07) is 11.6. The van der Waals surface area contributed by atoms with Crippen molar-refractivity contribution in [2.75, 3.05) is 65.4 Å². The largest absolute Gasteiger partial charge is 0.493 e. The highest BCUT2D eigenvalue weighted by Gasteiger charge is 2.16. The highest BCUT2D eigenvalue weighted by molar-refractivity contribution is 7.20. The van der Waals surface area contributed by atoms with Crippen molar-refractivity contribution < 1.29 is 19.0 Å². The van der Waals surface area contributed by atoms with E-state index in [1.54, 1.807) is 14.0 Å². The predicted octanol–water partition coefficient (Wildman–Crippen LogP) is 4.79. The second-order valence-corrected chi connectivity index (χ2v) is 10.4. The number of aromatic nitrogens is 2. The Kier molecular flexibility index (Phi) is 8.21. The first-order valence-corrected chi connectivity index (χ1v) is 13.7. The van der Waals surface area contributed by atoms with E-state index in [9.17, 15) is 4.79 Å². The SMILES string of the molecule is CCOC(=O)c1cc2cc(Nc3ncnc4cc(OCCCN5CCN(C)CC5)c(OC)cc34)ccc2s1. The van der Waals surface area contributed by atoms with E-state index in [0.29, 0.717) is 35.4 Å². The van der Waals surface area contributed by atoms with E-state index in [-0.39, 0.29) is 5.97 Å². The van der Waals surface area contributed by atoms with Gasteiger partial charge in [0.25, 0.3) is 0 Å². The predicted molar refractivity (Wildman–Crippen MR) is 151 cm³/mol. The molecule has 1 aliphatic heterocycles. The zero-order valence-corrected chi connectivity index (χ0v) is 22.8. The third-order valence-electron chi connectivity index (χ3n) is 6.65. The molecule has 5 rings (SSSR count). The number of piperazine rings is 1. The molecule has 10 heteroatoms. The first-order chi connectivity index (χ1) is 18.5. The summed E-state index contributed by atoms with van der Waals surface area (Å²) in [6.45, 7) is 8.24. The van der Waals surface area contributed by atoms with Crippen molar-refractivity contribution in [3.8, 4) is 11.5 Å². The lowest BCUT2D eigenvalue weighted by atomic mass is 10.2. The van der Waals surface area contributed by atoms with Gasteiger partial charge in [0.05, 0.1) is 25.8 Å². The number of thiophene rings is 1. The topological polar surface area (TPSA) is 89.0 Å². The number of ether oxygens (including phenoxy) is 3. The van der Waals surface area contributed by atoms with Gasteiger partial charge in [-0.25, -0.2) is 14.8 Å². The van der Waals surface area contributed by atoms with Crippen LogP contribution in [-0.4, -0.2) is 85.8 Å². The van der Waals surface area contributed by atoms with Crippen LogP contribution in [-0.2, 0) is 4.74 Å². The van der Waals surface area contributed by atoms with Crippen molar-refractivity contribution in [2.45, 2.75) is 13.3 Å². The Labute approximate surface area is 226 Å². The normalized spacial score (nSPS) is 14.6. The van der Waals surface area contributed by atoms with Gasteiger partial charge in [-0.15, -0.1) is 11.3 Å². The Balaban J connectivity index is 1.29. The summed E-state index contributed by atoms with van der Waals surface area (Å²) in [5.74, 6) is 1.68. The van der Waals surface area contributed by atoms with E-state index in [1.807, 2.05) is 36.4 Å². The summed E-state index contributed by atoms with van der Waals surface area (Å²) in [5, 5.41) is 5.19. The molecule has 4 aromatic rings. The Bertz CT molecular complexity index is 1420. The second kappa shape index (κ2) is 11.9. The van der Waals surface area contributed by atoms with Crippen molar-refractivity contribution in [3.63, 3.8) is 0 Å². The lowest BCUT2D eigenvalue weighted by Gasteiger charge is -2.32. The number of nitrogens with one attached hydrogen (secondary N) is 1. The van der Waals surface area contributed by atoms with Crippen LogP contribution in [0.4, 0.5) is 11.5 Å². The standard InChI is InChI=1S/C28H33N5O4S/c1-4-36-28(34)26-15-19-14-20(6-7-25(19)38-26)31-27-21-16-23(35-3)24(17-22(21)29-18-30-27)37-13-5-8-33-11-9-32(2)10-12-33/h6-7,14-18H,4-5,8-13H2,1-3H3,(H,29,30,31). The van der Waals surface area contributed by atoms with Gasteiger partial charge in [0.1, 0.15) is 17.0 Å². The van der Waals surface area contributed by atoms with Gasteiger partial charge in [-0.1, -0.05) is 0 Å². The van der Waals surface area contributed by atoms with Gasteiger partial charge in [-0.3, -0.25) is 0 Å². The maximum absolute atomic E-state index is 12.1. The average Bonchev–Trinajstić information content (AvgIpc) is 3.36. The maximum Gasteiger partial charge on any atom is 0.348 e. The van der Waals surface area contributed by atoms with Crippen molar-refractivity contribution >= 4 is 49.8 Å². The molecule has 0 saturated carbocycles. The smallest absolute Gasteiger partial charge is 0.348 e. The fourth-order valence-corrected chi connectivity index (χ4v) is 5.48. The van der Waals surface area contributed by atoms with Gasteiger partial charge >= 0.3 is 5.97 Å². The molecular formula is C28H33N5O4S. The summed E-state index contributed by atoms with van der Waals surface area (Å²) in [5.41, 5.74) is 1.62. The van der Waals surface area contributed by atoms with Crippen LogP contribution < -0.4 is 14.8 Å². The molecule has 0 aliphatic carbocycles. The molecule has 38 heavy (non-hydrogen) atoms. The highest BCUT2D eigenvalue weighted by Crippen LogP contribution is 2.36. The van der Waals surface area contributed by atoms with Gasteiger partial charge in [0.2, 0.25) is 0 Å². The van der Waals surface area contributed by atoms with Crippen LogP contribution in [0.1, 0.15) is 23.0 Å². The van der Waals surface area contributed by atoms with Gasteiger partial charge in [0.15, 0.2) is 11.5 Å². The van der Waals surface area contributed by atoms with Gasteiger partial charge in [-0.05, 0) is 56.1 Å². The first-order valence-electron chi connectivity index (χ1n) is 12.9. The fraction of sp³-hybridized carbons (Fsp3) is 0.393. The molecule has 0 radical (unpaired) electrons. The van der Waals surface area contributed by atoms with Crippen molar-refractivity contribution in [1.29, 1.82) is 0 Å². The summed E-state index contributed by atoms with van der Waals surface area (Å²) in [7, 11) is 3.81. The van der Waals surface area contributed by atoms with Crippen LogP contribution in [0.3, 0.4) is 0 Å². The Hall–Kier alpha value is -3.47. The minimum absolute atomic E-state index is 0.297. The number of esters is 1. The van der Waals surface area contributed by atoms with E-state index in [1.165, 1.54) is 17.7 Å². The summed E-state index contributed by atoms with van der Waals surface area (Å²) in [4.78, 5) is 26.5. The van der Waals surface area contributed by atoms with Crippen molar-refractivity contribution in [3.05, 3.63) is 47.6 Å². The number of benzene rings is 2. The Morgan fingerprint density at radius 3 is 2.71 bits per heavy atom. The quantitative estimate of drug-likeness (QED) is 0.227. The van der Waals surface area contributed by atoms with E-state index in [0.717, 1.165) is 65.8 Å². The van der Waals surface area contributed by atoms with E-state index in [2.05, 4.69) is 32.1 Å². The summed E-state index contributed by atoms with van der Waals surface area (Å²) in [6.07, 6.45) is 2.49. The van der Waals surface area contributed by atoms with Crippen LogP contribution in [0.15, 0.2) is 42.7 Å². The fourth-order valence-electron chi connectivity index (χ4n) is 4.54. The molecule has 0 bridgehead atoms. The maximum atomic E-state index is 12.1. The minimum atomic E-state index is -0.297. The van der Waals surface area contributed by atoms with Crippen LogP contribution >= 0.6 is 11.3 Å². The molecule has 2 aromatic carbocycles. The zero-order valence-electron chi connectivity index (χ0n) is 22.0. The number of hydrogen-bond donors (Lipinski definition) is 1. The highest BCUT2D eigenvalue weighted by atomic mass is 32.1. The molecule has 1 N–H and O–H groups in total. The number of anilines is 2. The minimum Gasteiger partial charge on any atom is -0.493 e. The molecule has 1 saturated heterocycles. The van der Waals surface area contributed by atoms with Gasteiger partial charge in [0, 0.05) is 54.6 Å². The summed E-state index contributed by atoms with van der Waals surface area (Å²) < 4.78 is 17.9. The molecule has 200 valence electrons. The number of nitrogens with zero attached hydrogens (tertiary/aromatic N) is 4. The average molecular weight is 536 g/mol. The monoisotopic (exact) mass is 535 g/mol. The number of carbonyl (C=O) groups excluding carboxylic acids is 1. The van der Waals surface area contributed by atoms with Crippen LogP contribution in [0.25, 0.3) is 21.0 Å². The lowest BCUT2D eigenvalue weighted by Crippen LogP contribution is -2.44. The number of carbonyl (C=O) groups is 1. The van der Waals surface area contributed by atoms with Crippen LogP contribution in [0, 0.1) is 0 Å². The molecule has 0 atom stereocenters. The molecule has 0 amide bonds. The third-order valence-corrected chi connectivity index (χ3v) is 7.74. The molecule has 2 aromatic heterocycles. The second-order valence-electron chi connectivity index (χ2n) is 9.30. The lowest BCUT2D eigenvalue weighted by molar-refractivity contribution is 0.0532.